The van der Waals surface area contributed by atoms with Gasteiger partial charge in [0.2, 0.25) is 17.7 Å². The predicted octanol–water partition coefficient (Wildman–Crippen LogP) is 6.07. The normalized spacial score (nSPS) is 20.2. The van der Waals surface area contributed by atoms with Gasteiger partial charge < -0.3 is 39.2 Å². The number of amides is 4. The fourth-order valence-corrected chi connectivity index (χ4v) is 10.5. The van der Waals surface area contributed by atoms with Crippen LogP contribution < -0.4 is 10.7 Å². The number of likely N-dealkylation sites (tertiary alicyclic amines) is 1. The molecule has 15 heteroatoms. The maximum absolute atomic E-state index is 14.8. The van der Waals surface area contributed by atoms with Gasteiger partial charge in [-0.05, 0) is 116 Å². The summed E-state index contributed by atoms with van der Waals surface area (Å²) in [6.07, 6.45) is 3.21. The van der Waals surface area contributed by atoms with Crippen molar-refractivity contribution in [3.63, 3.8) is 0 Å². The van der Waals surface area contributed by atoms with Gasteiger partial charge in [-0.2, -0.15) is 0 Å². The molecule has 3 aromatic carbocycles. The van der Waals surface area contributed by atoms with E-state index in [1.165, 1.54) is 16.0 Å². The number of rotatable bonds is 12. The average molecular weight is 946 g/mol. The van der Waals surface area contributed by atoms with Crippen LogP contribution in [0.25, 0.3) is 33.3 Å². The van der Waals surface area contributed by atoms with Gasteiger partial charge in [0.1, 0.15) is 23.9 Å². The molecule has 2 saturated heterocycles. The molecule has 0 spiro atoms. The second kappa shape index (κ2) is 21.3. The number of aromatic hydroxyl groups is 1. The number of nitrogens with one attached hydrogen (secondary N) is 2. The third-order valence-corrected chi connectivity index (χ3v) is 13.8. The SMILES string of the molecule is C=CC(=O)N1CC[C@H](C(=O)N(C)[C@H](C(=O)N[C@H]2Cc3cc(O)cc(c3)-c3ccc4c(c3)c(c(-c3ccc(COC)cc3CN(C)C)n4CC)CC(C)(C)COC(=O)[C@@H]3CCCN(N3)C2=O)C(C)C)C1. The quantitative estimate of drug-likeness (QED) is 0.112. The number of phenolic OH excluding ortho intramolecular Hbond substituents is 1. The molecule has 3 N–H and O–H groups in total. The molecule has 6 bridgehead atoms. The first-order valence-electron chi connectivity index (χ1n) is 24.3. The van der Waals surface area contributed by atoms with E-state index in [0.29, 0.717) is 57.5 Å². The van der Waals surface area contributed by atoms with E-state index in [1.807, 2.05) is 26.0 Å². The first-order chi connectivity index (χ1) is 32.8. The Morgan fingerprint density at radius 3 is 2.49 bits per heavy atom. The van der Waals surface area contributed by atoms with E-state index in [9.17, 15) is 29.1 Å². The van der Waals surface area contributed by atoms with Crippen molar-refractivity contribution in [1.82, 2.24) is 35.0 Å². The van der Waals surface area contributed by atoms with E-state index >= 15 is 0 Å². The first-order valence-corrected chi connectivity index (χ1v) is 24.3. The molecule has 4 aromatic rings. The molecule has 4 amide bonds. The molecule has 4 atom stereocenters. The van der Waals surface area contributed by atoms with E-state index in [-0.39, 0.29) is 49.6 Å². The number of esters is 1. The van der Waals surface area contributed by atoms with Crippen molar-refractivity contribution in [2.75, 3.05) is 54.5 Å². The number of ether oxygens (including phenoxy) is 2. The summed E-state index contributed by atoms with van der Waals surface area (Å²) < 4.78 is 14.1. The number of hydrogen-bond acceptors (Lipinski definition) is 10. The third-order valence-electron chi connectivity index (χ3n) is 13.8. The van der Waals surface area contributed by atoms with Gasteiger partial charge in [0.15, 0.2) is 0 Å². The van der Waals surface area contributed by atoms with E-state index in [0.717, 1.165) is 50.0 Å². The smallest absolute Gasteiger partial charge is 0.324 e. The predicted molar refractivity (Wildman–Crippen MR) is 266 cm³/mol. The van der Waals surface area contributed by atoms with Gasteiger partial charge in [-0.25, -0.2) is 5.43 Å². The highest BCUT2D eigenvalue weighted by molar-refractivity contribution is 5.96. The van der Waals surface area contributed by atoms with Crippen LogP contribution in [0.2, 0.25) is 0 Å². The van der Waals surface area contributed by atoms with E-state index < -0.39 is 47.2 Å². The largest absolute Gasteiger partial charge is 0.508 e. The molecular formula is C54H71N7O8. The van der Waals surface area contributed by atoms with Gasteiger partial charge in [-0.15, -0.1) is 0 Å². The molecule has 3 aliphatic rings. The number of fused-ring (bicyclic) bond motifs is 6. The molecule has 0 unspecified atom stereocenters. The van der Waals surface area contributed by atoms with Crippen molar-refractivity contribution >= 4 is 40.5 Å². The van der Waals surface area contributed by atoms with Crippen molar-refractivity contribution in [2.45, 2.75) is 105 Å². The number of cyclic esters (lactones) is 1. The molecule has 0 radical (unpaired) electrons. The minimum atomic E-state index is -1.16. The highest BCUT2D eigenvalue weighted by Gasteiger charge is 2.40. The Labute approximate surface area is 406 Å². The fourth-order valence-electron chi connectivity index (χ4n) is 10.5. The zero-order chi connectivity index (χ0) is 49.9. The minimum absolute atomic E-state index is 0.00277. The van der Waals surface area contributed by atoms with Crippen molar-refractivity contribution in [3.8, 4) is 28.1 Å². The van der Waals surface area contributed by atoms with Crippen LogP contribution in [0.15, 0.2) is 67.3 Å². The van der Waals surface area contributed by atoms with Crippen LogP contribution in [0, 0.1) is 17.3 Å². The third kappa shape index (κ3) is 11.2. The molecule has 1 aromatic heterocycles. The molecular weight excluding hydrogens is 875 g/mol. The number of likely N-dealkylation sites (N-methyl/N-ethyl adjacent to an activating group) is 1. The number of aromatic nitrogens is 1. The van der Waals surface area contributed by atoms with Crippen molar-refractivity contribution < 1.29 is 38.6 Å². The Hall–Kier alpha value is -6.03. The summed E-state index contributed by atoms with van der Waals surface area (Å²) >= 11 is 0. The summed E-state index contributed by atoms with van der Waals surface area (Å²) in [6, 6.07) is 15.2. The molecule has 4 heterocycles. The molecule has 7 rings (SSSR count). The summed E-state index contributed by atoms with van der Waals surface area (Å²) in [5.41, 5.74) is 11.4. The van der Waals surface area contributed by atoms with Gasteiger partial charge >= 0.3 is 5.97 Å². The first kappa shape index (κ1) is 50.8. The van der Waals surface area contributed by atoms with Crippen molar-refractivity contribution in [1.29, 1.82) is 0 Å². The summed E-state index contributed by atoms with van der Waals surface area (Å²) in [5.74, 6) is -2.83. The lowest BCUT2D eigenvalue weighted by atomic mass is 9.83. The van der Waals surface area contributed by atoms with Gasteiger partial charge in [-0.3, -0.25) is 29.0 Å². The van der Waals surface area contributed by atoms with Crippen LogP contribution in [0.5, 0.6) is 5.75 Å². The number of carbonyl (C=O) groups excluding carboxylic acids is 5. The number of benzene rings is 3. The number of nitrogens with zero attached hydrogens (tertiary/aromatic N) is 5. The highest BCUT2D eigenvalue weighted by atomic mass is 16.5. The van der Waals surface area contributed by atoms with E-state index in [1.54, 1.807) is 31.2 Å². The summed E-state index contributed by atoms with van der Waals surface area (Å²) in [4.78, 5) is 74.8. The van der Waals surface area contributed by atoms with E-state index in [4.69, 9.17) is 9.47 Å². The van der Waals surface area contributed by atoms with Gasteiger partial charge in [0.05, 0.1) is 24.8 Å². The lowest BCUT2D eigenvalue weighted by Crippen LogP contribution is -2.62. The second-order valence-electron chi connectivity index (χ2n) is 20.5. The summed E-state index contributed by atoms with van der Waals surface area (Å²) in [6.45, 7) is 16.5. The Morgan fingerprint density at radius 1 is 1.03 bits per heavy atom. The number of hydrogen-bond donors (Lipinski definition) is 3. The monoisotopic (exact) mass is 946 g/mol. The lowest BCUT2D eigenvalue weighted by molar-refractivity contribution is -0.155. The average Bonchev–Trinajstić information content (AvgIpc) is 3.92. The molecule has 0 aliphatic carbocycles. The Morgan fingerprint density at radius 2 is 1.80 bits per heavy atom. The molecule has 370 valence electrons. The Balaban J connectivity index is 1.32. The standard InChI is InChI=1S/C54H71N7O8/c1-11-47(63)59-21-19-37(30-59)51(65)58(9)48(33(3)4)50(64)55-45-25-35-23-38(26-40(62)24-35)36-16-18-46-42(27-36)43(28-54(5,6)32-69-53(67)44-14-13-20-61(56-44)52(45)66)49(60(46)12-2)41-17-15-34(31-68-10)22-39(41)29-57(7)8/h11,15-18,22-24,26-27,33,37,44-45,48,56,62H,1,12-14,19-21,25,28-32H2,2-10H3,(H,55,64)/t37-,44-,45-,48-/m0/s1. The van der Waals surface area contributed by atoms with Crippen molar-refractivity contribution in [2.24, 2.45) is 17.3 Å². The number of hydrazine groups is 1. The number of aryl methyl sites for hydroxylation is 1. The zero-order valence-electron chi connectivity index (χ0n) is 41.9. The highest BCUT2D eigenvalue weighted by Crippen LogP contribution is 2.42. The number of carbonyl (C=O) groups is 5. The molecule has 3 aliphatic heterocycles. The summed E-state index contributed by atoms with van der Waals surface area (Å²) in [5, 5.41) is 16.8. The van der Waals surface area contributed by atoms with E-state index in [2.05, 4.69) is 92.0 Å². The Kier molecular flexibility index (Phi) is 15.7. The molecule has 0 saturated carbocycles. The number of methoxy groups -OCH3 is 1. The van der Waals surface area contributed by atoms with Crippen LogP contribution in [-0.2, 0) is 66.0 Å². The second-order valence-corrected chi connectivity index (χ2v) is 20.5. The lowest BCUT2D eigenvalue weighted by Gasteiger charge is -2.37. The topological polar surface area (TPSA) is 166 Å². The van der Waals surface area contributed by atoms with Crippen LogP contribution in [0.3, 0.4) is 0 Å². The summed E-state index contributed by atoms with van der Waals surface area (Å²) in [7, 11) is 7.41. The molecule has 69 heavy (non-hydrogen) atoms. The maximum Gasteiger partial charge on any atom is 0.324 e. The van der Waals surface area contributed by atoms with Crippen LogP contribution in [0.4, 0.5) is 0 Å². The number of phenols is 1. The van der Waals surface area contributed by atoms with Crippen LogP contribution in [0.1, 0.15) is 76.1 Å². The Bertz CT molecular complexity index is 2600. The van der Waals surface area contributed by atoms with Gasteiger partial charge in [-0.1, -0.05) is 64.6 Å². The van der Waals surface area contributed by atoms with Crippen LogP contribution >= 0.6 is 0 Å². The maximum atomic E-state index is 14.8. The zero-order valence-corrected chi connectivity index (χ0v) is 41.9. The van der Waals surface area contributed by atoms with Gasteiger partial charge in [0, 0.05) is 75.2 Å². The molecule has 15 nitrogen and oxygen atoms in total. The fraction of sp³-hybridized carbons (Fsp3) is 0.500. The van der Waals surface area contributed by atoms with Crippen LogP contribution in [-0.4, -0.2) is 132 Å². The minimum Gasteiger partial charge on any atom is -0.508 e. The van der Waals surface area contributed by atoms with Crippen molar-refractivity contribution in [3.05, 3.63) is 89.5 Å². The molecule has 2 fully saturated rings. The van der Waals surface area contributed by atoms with Gasteiger partial charge in [0.25, 0.3) is 5.91 Å².